The van der Waals surface area contributed by atoms with Gasteiger partial charge in [-0.1, -0.05) is 26.7 Å². The molecule has 18 heavy (non-hydrogen) atoms. The van der Waals surface area contributed by atoms with Crippen LogP contribution in [0.3, 0.4) is 0 Å². The van der Waals surface area contributed by atoms with Crippen LogP contribution in [0.15, 0.2) is 0 Å². The Bertz CT molecular complexity index is 319. The molecule has 0 radical (unpaired) electrons. The molecule has 0 bridgehead atoms. The lowest BCUT2D eigenvalue weighted by Gasteiger charge is -2.36. The number of carboxylic acid groups (broad SMARTS) is 1. The Labute approximate surface area is 109 Å². The van der Waals surface area contributed by atoms with Crippen molar-refractivity contribution >= 4 is 12.0 Å². The molecule has 104 valence electrons. The van der Waals surface area contributed by atoms with Crippen molar-refractivity contribution in [2.24, 2.45) is 11.8 Å². The van der Waals surface area contributed by atoms with E-state index in [2.05, 4.69) is 19.2 Å². The number of nitrogens with zero attached hydrogens (tertiary/aromatic N) is 1. The van der Waals surface area contributed by atoms with Crippen LogP contribution in [0, 0.1) is 11.8 Å². The molecular formula is C13H24N2O3. The summed E-state index contributed by atoms with van der Waals surface area (Å²) in [4.78, 5) is 24.0. The zero-order valence-electron chi connectivity index (χ0n) is 11.6. The molecule has 4 atom stereocenters. The standard InChI is InChI=1S/C13H24N2O3/c1-8-6-5-7-11(9(8)2)14-13(18)15(4)10(3)12(16)17/h8-11H,5-7H2,1-4H3,(H,14,18)(H,16,17). The summed E-state index contributed by atoms with van der Waals surface area (Å²) in [7, 11) is 1.52. The molecule has 1 fully saturated rings. The van der Waals surface area contributed by atoms with Crippen molar-refractivity contribution in [1.29, 1.82) is 0 Å². The number of carbonyl (C=O) groups is 2. The van der Waals surface area contributed by atoms with Crippen molar-refractivity contribution in [2.45, 2.75) is 52.1 Å². The van der Waals surface area contributed by atoms with Gasteiger partial charge in [0.2, 0.25) is 0 Å². The van der Waals surface area contributed by atoms with Crippen molar-refractivity contribution in [3.05, 3.63) is 0 Å². The highest BCUT2D eigenvalue weighted by Gasteiger charge is 2.30. The molecule has 2 N–H and O–H groups in total. The Hall–Kier alpha value is -1.26. The van der Waals surface area contributed by atoms with E-state index in [1.54, 1.807) is 0 Å². The Kier molecular flexibility index (Phi) is 4.99. The second-order valence-corrected chi connectivity index (χ2v) is 5.45. The van der Waals surface area contributed by atoms with Crippen LogP contribution >= 0.6 is 0 Å². The van der Waals surface area contributed by atoms with E-state index >= 15 is 0 Å². The van der Waals surface area contributed by atoms with Crippen LogP contribution in [0.5, 0.6) is 0 Å². The lowest BCUT2D eigenvalue weighted by atomic mass is 9.78. The van der Waals surface area contributed by atoms with Gasteiger partial charge < -0.3 is 15.3 Å². The van der Waals surface area contributed by atoms with Crippen molar-refractivity contribution in [3.8, 4) is 0 Å². The number of amides is 2. The summed E-state index contributed by atoms with van der Waals surface area (Å²) in [6, 6.07) is -0.943. The van der Waals surface area contributed by atoms with Crippen LogP contribution in [0.2, 0.25) is 0 Å². The molecule has 0 saturated heterocycles. The minimum Gasteiger partial charge on any atom is -0.480 e. The van der Waals surface area contributed by atoms with Crippen molar-refractivity contribution in [2.75, 3.05) is 7.05 Å². The number of hydrogen-bond acceptors (Lipinski definition) is 2. The number of aliphatic carboxylic acids is 1. The van der Waals surface area contributed by atoms with Crippen LogP contribution in [0.1, 0.15) is 40.0 Å². The molecule has 0 spiro atoms. The van der Waals surface area contributed by atoms with Gasteiger partial charge >= 0.3 is 12.0 Å². The zero-order valence-corrected chi connectivity index (χ0v) is 11.6. The summed E-state index contributed by atoms with van der Waals surface area (Å²) in [5.74, 6) is 0.0557. The number of likely N-dealkylation sites (N-methyl/N-ethyl adjacent to an activating group) is 1. The number of nitrogens with one attached hydrogen (secondary N) is 1. The quantitative estimate of drug-likeness (QED) is 0.810. The monoisotopic (exact) mass is 256 g/mol. The Morgan fingerprint density at radius 1 is 1.33 bits per heavy atom. The second-order valence-electron chi connectivity index (χ2n) is 5.45. The molecule has 1 rings (SSSR count). The Balaban J connectivity index is 2.56. The van der Waals surface area contributed by atoms with Crippen LogP contribution < -0.4 is 5.32 Å². The minimum atomic E-state index is -0.988. The van der Waals surface area contributed by atoms with Gasteiger partial charge in [-0.05, 0) is 25.2 Å². The third-order valence-electron chi connectivity index (χ3n) is 4.27. The third-order valence-corrected chi connectivity index (χ3v) is 4.27. The van der Waals surface area contributed by atoms with Crippen LogP contribution in [-0.2, 0) is 4.79 Å². The van der Waals surface area contributed by atoms with Gasteiger partial charge in [0.25, 0.3) is 0 Å². The molecule has 0 aromatic heterocycles. The minimum absolute atomic E-state index is 0.157. The largest absolute Gasteiger partial charge is 0.480 e. The summed E-state index contributed by atoms with van der Waals surface area (Å²) in [5, 5.41) is 11.8. The van der Waals surface area contributed by atoms with Gasteiger partial charge in [-0.25, -0.2) is 9.59 Å². The molecule has 1 aliphatic carbocycles. The lowest BCUT2D eigenvalue weighted by Crippen LogP contribution is -2.51. The van der Waals surface area contributed by atoms with E-state index in [0.29, 0.717) is 11.8 Å². The maximum absolute atomic E-state index is 12.0. The molecule has 1 aliphatic rings. The molecule has 1 saturated carbocycles. The van der Waals surface area contributed by atoms with E-state index in [9.17, 15) is 9.59 Å². The fraction of sp³-hybridized carbons (Fsp3) is 0.846. The van der Waals surface area contributed by atoms with Crippen molar-refractivity contribution in [1.82, 2.24) is 10.2 Å². The molecule has 0 aromatic carbocycles. The first kappa shape index (κ1) is 14.8. The topological polar surface area (TPSA) is 69.6 Å². The molecule has 0 heterocycles. The van der Waals surface area contributed by atoms with E-state index in [1.807, 2.05) is 0 Å². The van der Waals surface area contributed by atoms with Gasteiger partial charge in [0.05, 0.1) is 0 Å². The summed E-state index contributed by atoms with van der Waals surface area (Å²) in [6.07, 6.45) is 3.30. The predicted octanol–water partition coefficient (Wildman–Crippen LogP) is 1.93. The normalized spacial score (nSPS) is 29.4. The Morgan fingerprint density at radius 3 is 2.50 bits per heavy atom. The smallest absolute Gasteiger partial charge is 0.326 e. The first-order chi connectivity index (χ1) is 8.34. The van der Waals surface area contributed by atoms with Gasteiger partial charge in [-0.15, -0.1) is 0 Å². The van der Waals surface area contributed by atoms with Crippen molar-refractivity contribution in [3.63, 3.8) is 0 Å². The molecule has 5 heteroatoms. The molecule has 2 amide bonds. The van der Waals surface area contributed by atoms with Gasteiger partial charge in [0, 0.05) is 13.1 Å². The summed E-state index contributed by atoms with van der Waals surface area (Å²) >= 11 is 0. The van der Waals surface area contributed by atoms with E-state index in [1.165, 1.54) is 25.3 Å². The van der Waals surface area contributed by atoms with Gasteiger partial charge in [0.1, 0.15) is 6.04 Å². The maximum Gasteiger partial charge on any atom is 0.326 e. The molecule has 0 aliphatic heterocycles. The number of hydrogen-bond donors (Lipinski definition) is 2. The first-order valence-electron chi connectivity index (χ1n) is 6.60. The molecule has 4 unspecified atom stereocenters. The average molecular weight is 256 g/mol. The van der Waals surface area contributed by atoms with Gasteiger partial charge in [-0.3, -0.25) is 0 Å². The van der Waals surface area contributed by atoms with E-state index < -0.39 is 12.0 Å². The van der Waals surface area contributed by atoms with Crippen LogP contribution in [0.25, 0.3) is 0 Å². The highest BCUT2D eigenvalue weighted by Crippen LogP contribution is 2.29. The SMILES string of the molecule is CC1CCCC(NC(=O)N(C)C(C)C(=O)O)C1C. The van der Waals surface area contributed by atoms with E-state index in [0.717, 1.165) is 12.8 Å². The van der Waals surface area contributed by atoms with Gasteiger partial charge in [0.15, 0.2) is 0 Å². The molecule has 5 nitrogen and oxygen atoms in total. The zero-order chi connectivity index (χ0) is 13.9. The van der Waals surface area contributed by atoms with Gasteiger partial charge in [-0.2, -0.15) is 0 Å². The number of carbonyl (C=O) groups excluding carboxylic acids is 1. The van der Waals surface area contributed by atoms with E-state index in [-0.39, 0.29) is 12.1 Å². The Morgan fingerprint density at radius 2 is 1.94 bits per heavy atom. The summed E-state index contributed by atoms with van der Waals surface area (Å²) in [6.45, 7) is 5.86. The highest BCUT2D eigenvalue weighted by atomic mass is 16.4. The van der Waals surface area contributed by atoms with E-state index in [4.69, 9.17) is 5.11 Å². The van der Waals surface area contributed by atoms with Crippen molar-refractivity contribution < 1.29 is 14.7 Å². The number of carboxylic acids is 1. The second kappa shape index (κ2) is 6.07. The predicted molar refractivity (Wildman–Crippen MR) is 69.4 cm³/mol. The number of urea groups is 1. The highest BCUT2D eigenvalue weighted by molar-refractivity contribution is 5.82. The van der Waals surface area contributed by atoms with Crippen LogP contribution in [-0.4, -0.2) is 41.1 Å². The first-order valence-corrected chi connectivity index (χ1v) is 6.60. The fourth-order valence-corrected chi connectivity index (χ4v) is 2.39. The molecular weight excluding hydrogens is 232 g/mol. The van der Waals surface area contributed by atoms with Crippen LogP contribution in [0.4, 0.5) is 4.79 Å². The fourth-order valence-electron chi connectivity index (χ4n) is 2.39. The maximum atomic E-state index is 12.0. The summed E-state index contributed by atoms with van der Waals surface area (Å²) in [5.41, 5.74) is 0. The summed E-state index contributed by atoms with van der Waals surface area (Å²) < 4.78 is 0. The molecule has 0 aromatic rings. The lowest BCUT2D eigenvalue weighted by molar-refractivity contribution is -0.141. The number of rotatable bonds is 3. The average Bonchev–Trinajstić information content (AvgIpc) is 2.32. The third kappa shape index (κ3) is 3.37.